The monoisotopic (exact) mass is 429 g/mol. The molecule has 0 bridgehead atoms. The van der Waals surface area contributed by atoms with Crippen molar-refractivity contribution in [3.63, 3.8) is 0 Å². The Hall–Kier alpha value is -1.83. The molecule has 0 atom stereocenters. The number of hydrogen-bond acceptors (Lipinski definition) is 3. The lowest BCUT2D eigenvalue weighted by molar-refractivity contribution is 0.0526. The molecule has 29 heavy (non-hydrogen) atoms. The summed E-state index contributed by atoms with van der Waals surface area (Å²) in [7, 11) is -1.76. The van der Waals surface area contributed by atoms with Crippen molar-refractivity contribution in [2.45, 2.75) is 71.5 Å². The van der Waals surface area contributed by atoms with Gasteiger partial charge in [0, 0.05) is 18.0 Å². The van der Waals surface area contributed by atoms with Crippen LogP contribution in [-0.2, 0) is 11.2 Å². The standard InChI is InChI=1S/C24H32ClNO2Si/c1-8-28-24(27)21-15-26-23-19(11-9-13-20(23)22(21)25)12-10-14-29(16(2)3,17(4)5)18(6)7/h9,11,13,15-18H,8,12H2,1-7H3. The molecule has 0 fully saturated rings. The van der Waals surface area contributed by atoms with Gasteiger partial charge in [0.25, 0.3) is 0 Å². The Labute approximate surface area is 181 Å². The molecule has 2 aromatic rings. The molecule has 0 unspecified atom stereocenters. The van der Waals surface area contributed by atoms with Crippen molar-refractivity contribution in [1.82, 2.24) is 4.98 Å². The van der Waals surface area contributed by atoms with E-state index in [9.17, 15) is 4.79 Å². The number of fused-ring (bicyclic) bond motifs is 1. The van der Waals surface area contributed by atoms with E-state index in [1.165, 1.54) is 6.20 Å². The summed E-state index contributed by atoms with van der Waals surface area (Å²) in [4.78, 5) is 16.6. The van der Waals surface area contributed by atoms with Gasteiger partial charge >= 0.3 is 5.97 Å². The van der Waals surface area contributed by atoms with E-state index in [0.29, 0.717) is 40.2 Å². The molecule has 156 valence electrons. The number of para-hydroxylation sites is 1. The molecule has 5 heteroatoms. The Balaban J connectivity index is 2.46. The zero-order valence-electron chi connectivity index (χ0n) is 18.6. The van der Waals surface area contributed by atoms with Crippen molar-refractivity contribution >= 4 is 36.5 Å². The van der Waals surface area contributed by atoms with E-state index in [2.05, 4.69) is 58.0 Å². The zero-order chi connectivity index (χ0) is 21.8. The van der Waals surface area contributed by atoms with E-state index >= 15 is 0 Å². The van der Waals surface area contributed by atoms with Crippen LogP contribution in [0.15, 0.2) is 24.4 Å². The van der Waals surface area contributed by atoms with Gasteiger partial charge in [-0.3, -0.25) is 4.98 Å². The molecule has 3 nitrogen and oxygen atoms in total. The second kappa shape index (κ2) is 9.78. The first-order valence-corrected chi connectivity index (χ1v) is 13.0. The SMILES string of the molecule is CCOC(=O)c1cnc2c(CC#C[Si](C(C)C)(C(C)C)C(C)C)cccc2c1Cl. The topological polar surface area (TPSA) is 39.2 Å². The Morgan fingerprint density at radius 2 is 1.76 bits per heavy atom. The molecular formula is C24H32ClNO2Si. The van der Waals surface area contributed by atoms with Gasteiger partial charge in [0.15, 0.2) is 0 Å². The molecule has 2 rings (SSSR count). The maximum Gasteiger partial charge on any atom is 0.341 e. The van der Waals surface area contributed by atoms with Gasteiger partial charge in [-0.05, 0) is 29.1 Å². The minimum Gasteiger partial charge on any atom is -0.462 e. The van der Waals surface area contributed by atoms with Gasteiger partial charge < -0.3 is 4.74 Å². The zero-order valence-corrected chi connectivity index (χ0v) is 20.4. The number of hydrogen-bond donors (Lipinski definition) is 0. The van der Waals surface area contributed by atoms with Crippen LogP contribution in [0.1, 0.15) is 64.4 Å². The van der Waals surface area contributed by atoms with Crippen molar-refractivity contribution in [1.29, 1.82) is 0 Å². The number of esters is 1. The number of aromatic nitrogens is 1. The molecule has 1 heterocycles. The normalized spacial score (nSPS) is 11.8. The molecule has 0 N–H and O–H groups in total. The summed E-state index contributed by atoms with van der Waals surface area (Å²) in [5, 5.41) is 1.15. The van der Waals surface area contributed by atoms with Gasteiger partial charge in [-0.15, -0.1) is 11.5 Å². The number of carbonyl (C=O) groups excluding carboxylic acids is 1. The maximum atomic E-state index is 12.1. The highest BCUT2D eigenvalue weighted by atomic mass is 35.5. The lowest BCUT2D eigenvalue weighted by atomic mass is 10.1. The predicted octanol–water partition coefficient (Wildman–Crippen LogP) is 6.83. The highest BCUT2D eigenvalue weighted by Gasteiger charge is 2.41. The quantitative estimate of drug-likeness (QED) is 0.287. The Kier molecular flexibility index (Phi) is 7.91. The number of carbonyl (C=O) groups is 1. The van der Waals surface area contributed by atoms with E-state index < -0.39 is 14.0 Å². The number of pyridine rings is 1. The first-order valence-electron chi connectivity index (χ1n) is 10.4. The second-order valence-electron chi connectivity index (χ2n) is 8.40. The van der Waals surface area contributed by atoms with E-state index in [1.807, 2.05) is 18.2 Å². The molecule has 0 aliphatic rings. The highest BCUT2D eigenvalue weighted by molar-refractivity contribution is 6.90. The smallest absolute Gasteiger partial charge is 0.341 e. The molecule has 1 aromatic carbocycles. The van der Waals surface area contributed by atoms with E-state index in [0.717, 1.165) is 16.5 Å². The van der Waals surface area contributed by atoms with Crippen LogP contribution in [0.2, 0.25) is 21.6 Å². The lowest BCUT2D eigenvalue weighted by Crippen LogP contribution is -2.43. The number of ether oxygens (including phenoxy) is 1. The van der Waals surface area contributed by atoms with Gasteiger partial charge in [-0.2, -0.15) is 0 Å². The average molecular weight is 430 g/mol. The van der Waals surface area contributed by atoms with Crippen LogP contribution >= 0.6 is 11.6 Å². The molecule has 1 aromatic heterocycles. The van der Waals surface area contributed by atoms with Crippen LogP contribution in [0.3, 0.4) is 0 Å². The van der Waals surface area contributed by atoms with Gasteiger partial charge in [0.05, 0.1) is 22.7 Å². The molecule has 0 aliphatic carbocycles. The van der Waals surface area contributed by atoms with Crippen molar-refractivity contribution in [3.8, 4) is 11.5 Å². The van der Waals surface area contributed by atoms with Crippen LogP contribution in [-0.4, -0.2) is 25.6 Å². The maximum absolute atomic E-state index is 12.1. The minimum absolute atomic E-state index is 0.301. The minimum atomic E-state index is -1.76. The molecule has 0 amide bonds. The fourth-order valence-corrected chi connectivity index (χ4v) is 10.0. The van der Waals surface area contributed by atoms with E-state index in [1.54, 1.807) is 6.92 Å². The van der Waals surface area contributed by atoms with Crippen molar-refractivity contribution in [3.05, 3.63) is 40.5 Å². The second-order valence-corrected chi connectivity index (χ2v) is 14.4. The third kappa shape index (κ3) is 4.68. The third-order valence-corrected chi connectivity index (χ3v) is 12.6. The molecule has 0 saturated heterocycles. The van der Waals surface area contributed by atoms with E-state index in [-0.39, 0.29) is 0 Å². The first-order chi connectivity index (χ1) is 13.7. The first kappa shape index (κ1) is 23.4. The summed E-state index contributed by atoms with van der Waals surface area (Å²) in [6.07, 6.45) is 2.13. The number of rotatable bonds is 6. The molecule has 0 saturated carbocycles. The van der Waals surface area contributed by atoms with Crippen LogP contribution in [0.4, 0.5) is 0 Å². The van der Waals surface area contributed by atoms with Gasteiger partial charge in [0.1, 0.15) is 8.07 Å². The number of benzene rings is 1. The van der Waals surface area contributed by atoms with Crippen LogP contribution in [0.25, 0.3) is 10.9 Å². The molecular weight excluding hydrogens is 398 g/mol. The summed E-state index contributed by atoms with van der Waals surface area (Å²) in [6, 6.07) is 5.87. The summed E-state index contributed by atoms with van der Waals surface area (Å²) in [5.41, 5.74) is 7.69. The van der Waals surface area contributed by atoms with E-state index in [4.69, 9.17) is 16.3 Å². The fourth-order valence-electron chi connectivity index (χ4n) is 4.47. The van der Waals surface area contributed by atoms with Gasteiger partial charge in [-0.25, -0.2) is 4.79 Å². The average Bonchev–Trinajstić information content (AvgIpc) is 2.65. The lowest BCUT2D eigenvalue weighted by Gasteiger charge is -2.38. The van der Waals surface area contributed by atoms with Crippen molar-refractivity contribution < 1.29 is 9.53 Å². The summed E-state index contributed by atoms with van der Waals surface area (Å²) >= 11 is 6.51. The Morgan fingerprint density at radius 1 is 1.14 bits per heavy atom. The Bertz CT molecular complexity index is 919. The molecule has 0 spiro atoms. The third-order valence-electron chi connectivity index (χ3n) is 5.86. The Morgan fingerprint density at radius 3 is 2.31 bits per heavy atom. The summed E-state index contributed by atoms with van der Waals surface area (Å²) < 4.78 is 5.08. The van der Waals surface area contributed by atoms with Crippen LogP contribution in [0.5, 0.6) is 0 Å². The molecule has 0 radical (unpaired) electrons. The van der Waals surface area contributed by atoms with Crippen LogP contribution in [0, 0.1) is 11.5 Å². The van der Waals surface area contributed by atoms with Crippen molar-refractivity contribution in [2.24, 2.45) is 0 Å². The van der Waals surface area contributed by atoms with Gasteiger partial charge in [-0.1, -0.05) is 71.3 Å². The molecule has 0 aliphatic heterocycles. The van der Waals surface area contributed by atoms with Crippen molar-refractivity contribution in [2.75, 3.05) is 6.61 Å². The summed E-state index contributed by atoms with van der Waals surface area (Å²) in [5.74, 6) is 3.05. The fraction of sp³-hybridized carbons (Fsp3) is 0.500. The largest absolute Gasteiger partial charge is 0.462 e. The van der Waals surface area contributed by atoms with Gasteiger partial charge in [0.2, 0.25) is 0 Å². The predicted molar refractivity (Wildman–Crippen MR) is 125 cm³/mol. The number of nitrogens with zero attached hydrogens (tertiary/aromatic N) is 1. The number of halogens is 1. The highest BCUT2D eigenvalue weighted by Crippen LogP contribution is 2.40. The summed E-state index contributed by atoms with van der Waals surface area (Å²) in [6.45, 7) is 16.0. The van der Waals surface area contributed by atoms with Crippen LogP contribution < -0.4 is 0 Å².